The molecule has 1 aromatic carbocycles. The first-order valence-corrected chi connectivity index (χ1v) is 6.25. The van der Waals surface area contributed by atoms with Gasteiger partial charge in [0.2, 0.25) is 0 Å². The lowest BCUT2D eigenvalue weighted by atomic mass is 10.1. The van der Waals surface area contributed by atoms with Crippen molar-refractivity contribution in [2.75, 3.05) is 17.2 Å². The molecule has 6 N–H and O–H groups in total. The zero-order valence-electron chi connectivity index (χ0n) is 10.3. The minimum absolute atomic E-state index is 0.0708. The molecule has 6 nitrogen and oxygen atoms in total. The molecule has 0 aliphatic carbocycles. The molecule has 98 valence electrons. The van der Waals surface area contributed by atoms with Crippen molar-refractivity contribution in [3.8, 4) is 0 Å². The second kappa shape index (κ2) is 5.15. The van der Waals surface area contributed by atoms with Crippen LogP contribution in [-0.4, -0.2) is 15.8 Å². The average molecular weight is 275 g/mol. The number of Topliss-reactive ketones (excluding diaryl/α,β-unsaturated/α-hetero) is 1. The monoisotopic (exact) mass is 275 g/mol. The van der Waals surface area contributed by atoms with E-state index in [9.17, 15) is 4.79 Å². The van der Waals surface area contributed by atoms with E-state index in [0.717, 1.165) is 4.90 Å². The van der Waals surface area contributed by atoms with Gasteiger partial charge < -0.3 is 17.2 Å². The molecule has 0 spiro atoms. The Hall–Kier alpha value is -2.28. The van der Waals surface area contributed by atoms with Gasteiger partial charge in [0, 0.05) is 22.2 Å². The van der Waals surface area contributed by atoms with Gasteiger partial charge in [-0.05, 0) is 36.9 Å². The highest BCUT2D eigenvalue weighted by Crippen LogP contribution is 2.28. The molecule has 0 radical (unpaired) electrons. The van der Waals surface area contributed by atoms with Gasteiger partial charge in [0.1, 0.15) is 11.6 Å². The predicted octanol–water partition coefficient (Wildman–Crippen LogP) is 1.58. The molecule has 0 saturated carbocycles. The number of hydrogen-bond donors (Lipinski definition) is 3. The molecular weight excluding hydrogens is 262 g/mol. The number of benzene rings is 1. The molecule has 2 aromatic rings. The van der Waals surface area contributed by atoms with Crippen LogP contribution < -0.4 is 17.2 Å². The standard InChI is InChI=1S/C12H13N5OS/c1-6(18)8-3-2-7(4-9(8)13)19-12-16-10(14)5-11(15)17-12/h2-5H,13H2,1H3,(H4,14,15,16,17). The smallest absolute Gasteiger partial charge is 0.196 e. The van der Waals surface area contributed by atoms with Crippen LogP contribution in [0.5, 0.6) is 0 Å². The van der Waals surface area contributed by atoms with Gasteiger partial charge in [-0.15, -0.1) is 0 Å². The summed E-state index contributed by atoms with van der Waals surface area (Å²) < 4.78 is 0. The van der Waals surface area contributed by atoms with Gasteiger partial charge in [-0.2, -0.15) is 0 Å². The Morgan fingerprint density at radius 1 is 1.11 bits per heavy atom. The van der Waals surface area contributed by atoms with E-state index in [1.807, 2.05) is 0 Å². The Bertz CT molecular complexity index is 624. The highest BCUT2D eigenvalue weighted by Gasteiger charge is 2.08. The highest BCUT2D eigenvalue weighted by molar-refractivity contribution is 7.99. The molecule has 7 heteroatoms. The lowest BCUT2D eigenvalue weighted by Crippen LogP contribution is -2.00. The second-order valence-electron chi connectivity index (χ2n) is 3.91. The molecule has 0 aliphatic rings. The lowest BCUT2D eigenvalue weighted by Gasteiger charge is -2.06. The van der Waals surface area contributed by atoms with Crippen LogP contribution in [-0.2, 0) is 0 Å². The van der Waals surface area contributed by atoms with Gasteiger partial charge in [0.15, 0.2) is 10.9 Å². The molecule has 0 atom stereocenters. The maximum atomic E-state index is 11.3. The maximum absolute atomic E-state index is 11.3. The van der Waals surface area contributed by atoms with Crippen LogP contribution in [0.1, 0.15) is 17.3 Å². The van der Waals surface area contributed by atoms with E-state index < -0.39 is 0 Å². The van der Waals surface area contributed by atoms with E-state index in [4.69, 9.17) is 17.2 Å². The first-order valence-electron chi connectivity index (χ1n) is 5.44. The van der Waals surface area contributed by atoms with Crippen LogP contribution in [0.4, 0.5) is 17.3 Å². The Kier molecular flexibility index (Phi) is 3.57. The van der Waals surface area contributed by atoms with Gasteiger partial charge >= 0.3 is 0 Å². The molecule has 2 rings (SSSR count). The highest BCUT2D eigenvalue weighted by atomic mass is 32.2. The van der Waals surface area contributed by atoms with Gasteiger partial charge in [-0.3, -0.25) is 4.79 Å². The molecular formula is C12H13N5OS. The van der Waals surface area contributed by atoms with Gasteiger partial charge in [0.05, 0.1) is 0 Å². The summed E-state index contributed by atoms with van der Waals surface area (Å²) in [5, 5.41) is 0.437. The molecule has 0 fully saturated rings. The van der Waals surface area contributed by atoms with Crippen LogP contribution >= 0.6 is 11.8 Å². The number of carbonyl (C=O) groups excluding carboxylic acids is 1. The number of nitrogens with zero attached hydrogens (tertiary/aromatic N) is 2. The molecule has 0 saturated heterocycles. The number of hydrogen-bond acceptors (Lipinski definition) is 7. The third-order valence-electron chi connectivity index (χ3n) is 2.36. The van der Waals surface area contributed by atoms with Crippen molar-refractivity contribution in [3.05, 3.63) is 29.8 Å². The number of ketones is 1. The van der Waals surface area contributed by atoms with Crippen molar-refractivity contribution in [1.29, 1.82) is 0 Å². The van der Waals surface area contributed by atoms with E-state index >= 15 is 0 Å². The first-order chi connectivity index (χ1) is 8.95. The summed E-state index contributed by atoms with van der Waals surface area (Å²) in [6.07, 6.45) is 0. The summed E-state index contributed by atoms with van der Waals surface area (Å²) in [7, 11) is 0. The van der Waals surface area contributed by atoms with Crippen molar-refractivity contribution in [3.63, 3.8) is 0 Å². The van der Waals surface area contributed by atoms with Crippen LogP contribution in [0.2, 0.25) is 0 Å². The number of rotatable bonds is 3. The van der Waals surface area contributed by atoms with Crippen molar-refractivity contribution >= 4 is 34.9 Å². The number of aromatic nitrogens is 2. The van der Waals surface area contributed by atoms with E-state index in [-0.39, 0.29) is 5.78 Å². The van der Waals surface area contributed by atoms with Crippen molar-refractivity contribution < 1.29 is 4.79 Å². The number of anilines is 3. The second-order valence-corrected chi connectivity index (χ2v) is 4.95. The van der Waals surface area contributed by atoms with Crippen molar-refractivity contribution in [2.24, 2.45) is 0 Å². The summed E-state index contributed by atoms with van der Waals surface area (Å²) in [6.45, 7) is 1.47. The lowest BCUT2D eigenvalue weighted by molar-refractivity contribution is 0.101. The van der Waals surface area contributed by atoms with E-state index in [2.05, 4.69) is 9.97 Å². The average Bonchev–Trinajstić information content (AvgIpc) is 2.26. The topological polar surface area (TPSA) is 121 Å². The zero-order valence-corrected chi connectivity index (χ0v) is 11.1. The van der Waals surface area contributed by atoms with Gasteiger partial charge in [-0.1, -0.05) is 0 Å². The Balaban J connectivity index is 2.28. The van der Waals surface area contributed by atoms with Crippen LogP contribution in [0.3, 0.4) is 0 Å². The third kappa shape index (κ3) is 3.14. The molecule has 1 heterocycles. The normalized spacial score (nSPS) is 10.4. The summed E-state index contributed by atoms with van der Waals surface area (Å²) in [5.41, 5.74) is 17.9. The number of nitrogens with two attached hydrogens (primary N) is 3. The Labute approximate surface area is 114 Å². The maximum Gasteiger partial charge on any atom is 0.196 e. The first kappa shape index (κ1) is 13.2. The third-order valence-corrected chi connectivity index (χ3v) is 3.21. The number of nitrogen functional groups attached to an aromatic ring is 3. The predicted molar refractivity (Wildman–Crippen MR) is 75.8 cm³/mol. The Morgan fingerprint density at radius 3 is 2.26 bits per heavy atom. The van der Waals surface area contributed by atoms with E-state index in [0.29, 0.717) is 28.0 Å². The fraction of sp³-hybridized carbons (Fsp3) is 0.0833. The van der Waals surface area contributed by atoms with Crippen LogP contribution in [0.15, 0.2) is 34.3 Å². The van der Waals surface area contributed by atoms with E-state index in [1.54, 1.807) is 18.2 Å². The fourth-order valence-electron chi connectivity index (χ4n) is 1.54. The van der Waals surface area contributed by atoms with Crippen LogP contribution in [0.25, 0.3) is 0 Å². The summed E-state index contributed by atoms with van der Waals surface area (Å²) in [4.78, 5) is 20.2. The van der Waals surface area contributed by atoms with Crippen LogP contribution in [0, 0.1) is 0 Å². The SMILES string of the molecule is CC(=O)c1ccc(Sc2nc(N)cc(N)n2)cc1N. The molecule has 0 aliphatic heterocycles. The Morgan fingerprint density at radius 2 is 1.74 bits per heavy atom. The van der Waals surface area contributed by atoms with E-state index in [1.165, 1.54) is 24.8 Å². The molecule has 1 aromatic heterocycles. The van der Waals surface area contributed by atoms with Gasteiger partial charge in [0.25, 0.3) is 0 Å². The quantitative estimate of drug-likeness (QED) is 0.441. The molecule has 19 heavy (non-hydrogen) atoms. The zero-order chi connectivity index (χ0) is 14.0. The van der Waals surface area contributed by atoms with Gasteiger partial charge in [-0.25, -0.2) is 9.97 Å². The summed E-state index contributed by atoms with van der Waals surface area (Å²) >= 11 is 1.28. The summed E-state index contributed by atoms with van der Waals surface area (Å²) in [6, 6.07) is 6.64. The molecule has 0 bridgehead atoms. The van der Waals surface area contributed by atoms with Crippen molar-refractivity contribution in [2.45, 2.75) is 17.0 Å². The minimum atomic E-state index is -0.0708. The largest absolute Gasteiger partial charge is 0.398 e. The summed E-state index contributed by atoms with van der Waals surface area (Å²) in [5.74, 6) is 0.546. The molecule has 0 amide bonds. The fourth-order valence-corrected chi connectivity index (χ4v) is 2.37. The van der Waals surface area contributed by atoms with Crippen molar-refractivity contribution in [1.82, 2.24) is 9.97 Å². The number of carbonyl (C=O) groups is 1. The minimum Gasteiger partial charge on any atom is -0.398 e. The molecule has 0 unspecified atom stereocenters.